The molecule has 0 bridgehead atoms. The number of aromatic nitrogens is 1. The van der Waals surface area contributed by atoms with Gasteiger partial charge in [-0.3, -0.25) is 18.4 Å². The Morgan fingerprint density at radius 1 is 1.35 bits per heavy atom. The fourth-order valence-corrected chi connectivity index (χ4v) is 2.80. The third-order valence-electron chi connectivity index (χ3n) is 4.13. The van der Waals surface area contributed by atoms with Crippen molar-refractivity contribution in [3.8, 4) is 0 Å². The van der Waals surface area contributed by atoms with Crippen LogP contribution in [0.3, 0.4) is 0 Å². The number of allylic oxidation sites excluding steroid dienone is 2. The molecule has 26 heavy (non-hydrogen) atoms. The van der Waals surface area contributed by atoms with E-state index in [1.807, 2.05) is 38.9 Å². The lowest BCUT2D eigenvalue weighted by Gasteiger charge is -2.11. The lowest BCUT2D eigenvalue weighted by molar-refractivity contribution is -0.121. The SMILES string of the molecule is CC1=CC(C)=NC1=Cc1ccc(CCC(=O)NCCN(C)C)n1B(F)F. The Morgan fingerprint density at radius 3 is 2.65 bits per heavy atom. The van der Waals surface area contributed by atoms with Gasteiger partial charge in [-0.15, -0.1) is 0 Å². The molecule has 2 heterocycles. The first kappa shape index (κ1) is 20.1. The number of carbonyl (C=O) groups excluding carboxylic acids is 1. The van der Waals surface area contributed by atoms with Gasteiger partial charge in [0.25, 0.3) is 0 Å². The molecule has 2 rings (SSSR count). The van der Waals surface area contributed by atoms with Crippen LogP contribution in [0.4, 0.5) is 8.63 Å². The number of nitrogens with zero attached hydrogens (tertiary/aromatic N) is 3. The van der Waals surface area contributed by atoms with E-state index in [1.165, 1.54) is 0 Å². The summed E-state index contributed by atoms with van der Waals surface area (Å²) in [5.74, 6) is -0.136. The van der Waals surface area contributed by atoms with Crippen molar-refractivity contribution < 1.29 is 13.4 Å². The van der Waals surface area contributed by atoms with Crippen molar-refractivity contribution in [2.45, 2.75) is 26.7 Å². The molecule has 1 aromatic rings. The molecule has 1 amide bonds. The van der Waals surface area contributed by atoms with Gasteiger partial charge in [-0.25, -0.2) is 0 Å². The molecular weight excluding hydrogens is 337 g/mol. The summed E-state index contributed by atoms with van der Waals surface area (Å²) in [7, 11) is 1.18. The van der Waals surface area contributed by atoms with E-state index in [2.05, 4.69) is 10.3 Å². The summed E-state index contributed by atoms with van der Waals surface area (Å²) in [6.45, 7) is 5.06. The summed E-state index contributed by atoms with van der Waals surface area (Å²) in [6.07, 6.45) is 4.02. The number of amides is 1. The molecule has 1 aliphatic heterocycles. The van der Waals surface area contributed by atoms with E-state index in [-0.39, 0.29) is 18.7 Å². The van der Waals surface area contributed by atoms with Crippen LogP contribution in [0.5, 0.6) is 0 Å². The average molecular weight is 362 g/mol. The van der Waals surface area contributed by atoms with E-state index >= 15 is 0 Å². The van der Waals surface area contributed by atoms with Gasteiger partial charge < -0.3 is 14.7 Å². The Hall–Kier alpha value is -2.22. The van der Waals surface area contributed by atoms with Gasteiger partial charge in [0.2, 0.25) is 5.91 Å². The second-order valence-corrected chi connectivity index (χ2v) is 6.66. The van der Waals surface area contributed by atoms with Gasteiger partial charge in [-0.2, -0.15) is 0 Å². The minimum Gasteiger partial charge on any atom is -0.355 e. The zero-order valence-electron chi connectivity index (χ0n) is 15.7. The van der Waals surface area contributed by atoms with Gasteiger partial charge in [0, 0.05) is 36.6 Å². The largest absolute Gasteiger partial charge is 0.677 e. The maximum Gasteiger partial charge on any atom is 0.677 e. The first-order valence-electron chi connectivity index (χ1n) is 8.63. The molecule has 0 aromatic carbocycles. The Balaban J connectivity index is 2.07. The normalized spacial score (nSPS) is 15.4. The molecular formula is C18H25BF2N4O. The van der Waals surface area contributed by atoms with Crippen molar-refractivity contribution in [1.29, 1.82) is 0 Å². The van der Waals surface area contributed by atoms with Crippen LogP contribution in [0.2, 0.25) is 0 Å². The first-order chi connectivity index (χ1) is 12.3. The Bertz CT molecular complexity index is 750. The van der Waals surface area contributed by atoms with Crippen LogP contribution in [0.25, 0.3) is 6.08 Å². The van der Waals surface area contributed by atoms with Gasteiger partial charge in [0.15, 0.2) is 0 Å². The maximum absolute atomic E-state index is 13.6. The van der Waals surface area contributed by atoms with Crippen LogP contribution in [0.1, 0.15) is 31.7 Å². The van der Waals surface area contributed by atoms with Crippen LogP contribution in [0, 0.1) is 0 Å². The Labute approximate surface area is 153 Å². The number of likely N-dealkylation sites (N-methyl/N-ethyl adjacent to an activating group) is 1. The van der Waals surface area contributed by atoms with E-state index in [4.69, 9.17) is 0 Å². The van der Waals surface area contributed by atoms with Gasteiger partial charge in [0.1, 0.15) is 0 Å². The zero-order chi connectivity index (χ0) is 19.3. The smallest absolute Gasteiger partial charge is 0.355 e. The highest BCUT2D eigenvalue weighted by Gasteiger charge is 2.23. The molecule has 1 aliphatic rings. The van der Waals surface area contributed by atoms with Crippen LogP contribution < -0.4 is 5.32 Å². The van der Waals surface area contributed by atoms with Crippen LogP contribution in [0.15, 0.2) is 34.5 Å². The van der Waals surface area contributed by atoms with Crippen LogP contribution >= 0.6 is 0 Å². The molecule has 0 spiro atoms. The summed E-state index contributed by atoms with van der Waals surface area (Å²) in [6, 6.07) is 3.30. The number of halogens is 2. The zero-order valence-corrected chi connectivity index (χ0v) is 15.7. The topological polar surface area (TPSA) is 49.6 Å². The summed E-state index contributed by atoms with van der Waals surface area (Å²) in [5, 5.41) is 2.79. The van der Waals surface area contributed by atoms with E-state index in [9.17, 15) is 13.4 Å². The second kappa shape index (κ2) is 8.94. The van der Waals surface area contributed by atoms with Crippen molar-refractivity contribution in [1.82, 2.24) is 14.7 Å². The highest BCUT2D eigenvalue weighted by atomic mass is 19.2. The lowest BCUT2D eigenvalue weighted by Crippen LogP contribution is -2.31. The molecule has 8 heteroatoms. The Morgan fingerprint density at radius 2 is 2.08 bits per heavy atom. The third-order valence-corrected chi connectivity index (χ3v) is 4.13. The first-order valence-corrected chi connectivity index (χ1v) is 8.63. The molecule has 0 atom stereocenters. The summed E-state index contributed by atoms with van der Waals surface area (Å²) in [5.41, 5.74) is 3.33. The molecule has 0 saturated carbocycles. The minimum absolute atomic E-state index is 0.136. The van der Waals surface area contributed by atoms with Gasteiger partial charge >= 0.3 is 7.40 Å². The fraction of sp³-hybridized carbons (Fsp3) is 0.444. The Kier molecular flexibility index (Phi) is 6.91. The molecule has 0 fully saturated rings. The number of hydrogen-bond acceptors (Lipinski definition) is 3. The van der Waals surface area contributed by atoms with Gasteiger partial charge in [0.05, 0.1) is 5.70 Å². The summed E-state index contributed by atoms with van der Waals surface area (Å²) in [4.78, 5) is 18.2. The molecule has 0 saturated heterocycles. The molecule has 1 aromatic heterocycles. The number of carbonyl (C=O) groups is 1. The van der Waals surface area contributed by atoms with E-state index in [0.29, 0.717) is 23.6 Å². The van der Waals surface area contributed by atoms with Gasteiger partial charge in [-0.05, 0) is 64.2 Å². The van der Waals surface area contributed by atoms with Crippen molar-refractivity contribution in [3.63, 3.8) is 0 Å². The molecule has 0 unspecified atom stereocenters. The number of hydrogen-bond donors (Lipinski definition) is 1. The number of aryl methyl sites for hydroxylation is 1. The van der Waals surface area contributed by atoms with E-state index in [0.717, 1.165) is 22.3 Å². The predicted molar refractivity (Wildman–Crippen MR) is 103 cm³/mol. The van der Waals surface area contributed by atoms with Crippen molar-refractivity contribution in [2.24, 2.45) is 4.99 Å². The molecule has 1 N–H and O–H groups in total. The molecule has 0 radical (unpaired) electrons. The minimum atomic E-state index is -2.67. The van der Waals surface area contributed by atoms with Crippen molar-refractivity contribution in [3.05, 3.63) is 40.9 Å². The summed E-state index contributed by atoms with van der Waals surface area (Å²) >= 11 is 0. The number of nitrogens with one attached hydrogen (secondary N) is 1. The van der Waals surface area contributed by atoms with Crippen molar-refractivity contribution >= 4 is 25.1 Å². The van der Waals surface area contributed by atoms with E-state index < -0.39 is 7.40 Å². The highest BCUT2D eigenvalue weighted by Crippen LogP contribution is 2.23. The van der Waals surface area contributed by atoms with Crippen LogP contribution in [-0.2, 0) is 11.2 Å². The monoisotopic (exact) mass is 362 g/mol. The average Bonchev–Trinajstić information content (AvgIpc) is 3.08. The quantitative estimate of drug-likeness (QED) is 0.723. The fourth-order valence-electron chi connectivity index (χ4n) is 2.80. The highest BCUT2D eigenvalue weighted by molar-refractivity contribution is 6.41. The van der Waals surface area contributed by atoms with E-state index in [1.54, 1.807) is 18.2 Å². The number of rotatable bonds is 8. The standard InChI is InChI=1S/C18H25BF2N4O/c1-13-11-14(2)23-17(13)12-16-6-5-15(25(16)19(20)21)7-8-18(26)22-9-10-24(3)4/h5-6,11-12H,7-10H2,1-4H3,(H,22,26). The molecule has 5 nitrogen and oxygen atoms in total. The lowest BCUT2D eigenvalue weighted by atomic mass is 10.1. The summed E-state index contributed by atoms with van der Waals surface area (Å²) < 4.78 is 28.1. The van der Waals surface area contributed by atoms with Gasteiger partial charge in [-0.1, -0.05) is 0 Å². The molecule has 0 aliphatic carbocycles. The second-order valence-electron chi connectivity index (χ2n) is 6.66. The number of aliphatic imine (C=N–C) groups is 1. The van der Waals surface area contributed by atoms with Crippen LogP contribution in [-0.4, -0.2) is 55.6 Å². The molecule has 140 valence electrons. The maximum atomic E-state index is 13.6. The predicted octanol–water partition coefficient (Wildman–Crippen LogP) is 2.63. The third kappa shape index (κ3) is 5.39. The van der Waals surface area contributed by atoms with Crippen molar-refractivity contribution in [2.75, 3.05) is 27.2 Å².